The van der Waals surface area contributed by atoms with E-state index in [1.807, 2.05) is 0 Å². The molecule has 2 aliphatic rings. The molecule has 0 nitrogen and oxygen atoms in total. The summed E-state index contributed by atoms with van der Waals surface area (Å²) in [5.74, 6) is 0. The summed E-state index contributed by atoms with van der Waals surface area (Å²) in [7, 11) is 0. The van der Waals surface area contributed by atoms with Crippen LogP contribution in [0.1, 0.15) is 79.1 Å². The van der Waals surface area contributed by atoms with Gasteiger partial charge in [0.2, 0.25) is 0 Å². The Labute approximate surface area is 177 Å². The molecule has 0 aliphatic heterocycles. The molecule has 0 N–H and O–H groups in total. The Hall–Kier alpha value is 0.254. The molecule has 3 heteroatoms. The van der Waals surface area contributed by atoms with E-state index in [9.17, 15) is 0 Å². The van der Waals surface area contributed by atoms with Gasteiger partial charge in [-0.1, -0.05) is 66.2 Å². The van der Waals surface area contributed by atoms with E-state index in [0.29, 0.717) is 0 Å². The Morgan fingerprint density at radius 3 is 1.54 bits per heavy atom. The van der Waals surface area contributed by atoms with Crippen molar-refractivity contribution in [3.05, 3.63) is 46.6 Å². The summed E-state index contributed by atoms with van der Waals surface area (Å²) in [6, 6.07) is 0. The maximum absolute atomic E-state index is 3.60. The number of hydrogen-bond acceptors (Lipinski definition) is 0. The number of allylic oxidation sites excluding steroid dienone is 8. The molecule has 0 saturated heterocycles. The molecule has 2 aliphatic carbocycles. The van der Waals surface area contributed by atoms with E-state index in [4.69, 9.17) is 0 Å². The van der Waals surface area contributed by atoms with Crippen molar-refractivity contribution >= 4 is 0 Å². The van der Waals surface area contributed by atoms with Crippen LogP contribution < -0.4 is 24.8 Å². The molecular weight excluding hydrogens is 371 g/mol. The number of halogens is 2. The van der Waals surface area contributed by atoms with E-state index >= 15 is 0 Å². The van der Waals surface area contributed by atoms with Crippen molar-refractivity contribution in [2.45, 2.75) is 79.1 Å². The van der Waals surface area contributed by atoms with Gasteiger partial charge in [0.15, 0.2) is 0 Å². The van der Waals surface area contributed by atoms with Gasteiger partial charge in [0.25, 0.3) is 0 Å². The van der Waals surface area contributed by atoms with Gasteiger partial charge in [-0.3, -0.25) is 12.2 Å². The molecule has 0 aromatic rings. The van der Waals surface area contributed by atoms with E-state index in [0.717, 1.165) is 12.8 Å². The van der Waals surface area contributed by atoms with Gasteiger partial charge in [-0.2, -0.15) is 12.2 Å². The van der Waals surface area contributed by atoms with Gasteiger partial charge < -0.3 is 24.8 Å². The third kappa shape index (κ3) is 6.20. The fourth-order valence-electron chi connectivity index (χ4n) is 3.55. The summed E-state index contributed by atoms with van der Waals surface area (Å²) in [5, 5.41) is 0. The second-order valence-electron chi connectivity index (χ2n) is 6.79. The maximum Gasteiger partial charge on any atom is 4.00 e. The van der Waals surface area contributed by atoms with Crippen LogP contribution in [-0.2, 0) is 21.7 Å². The summed E-state index contributed by atoms with van der Waals surface area (Å²) in [5.41, 5.74) is 6.13. The van der Waals surface area contributed by atoms with E-state index in [1.165, 1.54) is 60.8 Å². The Kier molecular flexibility index (Phi) is 13.9. The smallest absolute Gasteiger partial charge is 1.00 e. The Morgan fingerprint density at radius 2 is 1.21 bits per heavy atom. The molecule has 132 valence electrons. The van der Waals surface area contributed by atoms with Crippen LogP contribution in [0.25, 0.3) is 0 Å². The van der Waals surface area contributed by atoms with Crippen molar-refractivity contribution in [1.29, 1.82) is 0 Å². The van der Waals surface area contributed by atoms with Gasteiger partial charge in [0.05, 0.1) is 0 Å². The maximum atomic E-state index is 3.60. The van der Waals surface area contributed by atoms with Gasteiger partial charge >= 0.3 is 21.7 Å². The van der Waals surface area contributed by atoms with Gasteiger partial charge in [0.1, 0.15) is 0 Å². The molecule has 2 rings (SSSR count). The minimum atomic E-state index is 0. The van der Waals surface area contributed by atoms with Crippen LogP contribution in [0.2, 0.25) is 0 Å². The molecule has 0 unspecified atom stereocenters. The Balaban J connectivity index is 0. The summed E-state index contributed by atoms with van der Waals surface area (Å²) >= 11 is 0. The van der Waals surface area contributed by atoms with Crippen LogP contribution >= 0.6 is 0 Å². The van der Waals surface area contributed by atoms with E-state index in [-0.39, 0.29) is 51.9 Å². The van der Waals surface area contributed by atoms with Crippen LogP contribution in [0.4, 0.5) is 0 Å². The van der Waals surface area contributed by atoms with E-state index in [1.54, 1.807) is 0 Å². The van der Waals surface area contributed by atoms with E-state index < -0.39 is 0 Å². The average molecular weight is 401 g/mol. The van der Waals surface area contributed by atoms with Crippen LogP contribution in [0.15, 0.2) is 34.4 Å². The first-order valence-electron chi connectivity index (χ1n) is 8.72. The minimum Gasteiger partial charge on any atom is -1.00 e. The fraction of sp³-hybridized carbons (Fsp3) is 0.619. The van der Waals surface area contributed by atoms with Crippen molar-refractivity contribution in [2.24, 2.45) is 5.41 Å². The van der Waals surface area contributed by atoms with Gasteiger partial charge in [-0.15, -0.1) is 18.3 Å². The molecule has 0 atom stereocenters. The molecule has 0 fully saturated rings. The van der Waals surface area contributed by atoms with Crippen molar-refractivity contribution in [1.82, 2.24) is 0 Å². The van der Waals surface area contributed by atoms with Gasteiger partial charge in [-0.05, 0) is 0 Å². The largest absolute Gasteiger partial charge is 4.00 e. The standard InChI is InChI=1S/C21H30.2ClH.Ti/c1-5-7-11-17-13-9-15-19(17)21(3,4)20-16-10-14-18(20)12-8-6-2;;;/h15-16H,5-12H2,1-4H3;2*1H;/q-2;;;+4/p-2. The average Bonchev–Trinajstić information content (AvgIpc) is 3.11. The van der Waals surface area contributed by atoms with Crippen LogP contribution in [0, 0.1) is 17.6 Å². The fourth-order valence-corrected chi connectivity index (χ4v) is 3.55. The molecule has 0 saturated carbocycles. The van der Waals surface area contributed by atoms with Crippen LogP contribution in [0.3, 0.4) is 0 Å². The Morgan fingerprint density at radius 1 is 0.833 bits per heavy atom. The third-order valence-electron chi connectivity index (χ3n) is 4.80. The predicted octanol–water partition coefficient (Wildman–Crippen LogP) is 0.518. The molecule has 24 heavy (non-hydrogen) atoms. The van der Waals surface area contributed by atoms with E-state index in [2.05, 4.69) is 52.0 Å². The number of hydrogen-bond donors (Lipinski definition) is 0. The van der Waals surface area contributed by atoms with Crippen molar-refractivity contribution in [3.63, 3.8) is 0 Å². The summed E-state index contributed by atoms with van der Waals surface area (Å²) in [4.78, 5) is 0. The summed E-state index contributed by atoms with van der Waals surface area (Å²) in [6.07, 6.45) is 21.5. The molecule has 0 aromatic carbocycles. The minimum absolute atomic E-state index is 0. The quantitative estimate of drug-likeness (QED) is 0.411. The summed E-state index contributed by atoms with van der Waals surface area (Å²) in [6.45, 7) is 9.32. The predicted molar refractivity (Wildman–Crippen MR) is 91.7 cm³/mol. The SMILES string of the molecule is CCCCC1=[C-]CC=C1C(C)(C)C1=CC[C-]=C1CCCC.[Cl-].[Cl-].[Ti+4]. The van der Waals surface area contributed by atoms with Crippen molar-refractivity contribution in [2.75, 3.05) is 0 Å². The number of unbranched alkanes of at least 4 members (excludes halogenated alkanes) is 2. The molecular formula is C21H30Cl2Ti. The summed E-state index contributed by atoms with van der Waals surface area (Å²) < 4.78 is 0. The topological polar surface area (TPSA) is 0 Å². The third-order valence-corrected chi connectivity index (χ3v) is 4.80. The first-order chi connectivity index (χ1) is 10.1. The monoisotopic (exact) mass is 400 g/mol. The molecule has 0 aromatic heterocycles. The molecule has 0 heterocycles. The zero-order chi connectivity index (χ0) is 15.3. The van der Waals surface area contributed by atoms with Crippen molar-refractivity contribution in [3.8, 4) is 0 Å². The number of rotatable bonds is 8. The second-order valence-corrected chi connectivity index (χ2v) is 6.79. The Bertz CT molecular complexity index is 452. The van der Waals surface area contributed by atoms with Gasteiger partial charge in [0, 0.05) is 0 Å². The molecule has 0 spiro atoms. The first-order valence-corrected chi connectivity index (χ1v) is 8.72. The molecule has 0 radical (unpaired) electrons. The first kappa shape index (κ1) is 26.5. The molecule has 0 amide bonds. The second kappa shape index (κ2) is 12.6. The zero-order valence-corrected chi connectivity index (χ0v) is 18.6. The van der Waals surface area contributed by atoms with Crippen molar-refractivity contribution < 1.29 is 46.5 Å². The van der Waals surface area contributed by atoms with Gasteiger partial charge in [-0.25, -0.2) is 22.3 Å². The van der Waals surface area contributed by atoms with Crippen LogP contribution in [0.5, 0.6) is 0 Å². The zero-order valence-electron chi connectivity index (χ0n) is 15.6. The normalized spacial score (nSPS) is 16.2. The molecule has 0 bridgehead atoms. The van der Waals surface area contributed by atoms with Crippen LogP contribution in [-0.4, -0.2) is 0 Å².